The van der Waals surface area contributed by atoms with Gasteiger partial charge in [0.2, 0.25) is 0 Å². The summed E-state index contributed by atoms with van der Waals surface area (Å²) < 4.78 is 12.8. The van der Waals surface area contributed by atoms with E-state index in [1.54, 1.807) is 24.3 Å². The molecule has 1 aromatic rings. The van der Waals surface area contributed by atoms with Gasteiger partial charge in [-0.1, -0.05) is 23.7 Å². The Hall–Kier alpha value is -0.900. The second-order valence-corrected chi connectivity index (χ2v) is 2.89. The van der Waals surface area contributed by atoms with Crippen molar-refractivity contribution in [2.75, 3.05) is 6.61 Å². The summed E-state index contributed by atoms with van der Waals surface area (Å²) in [6.07, 6.45) is 1.34. The lowest BCUT2D eigenvalue weighted by Crippen LogP contribution is -2.00. The molecule has 0 spiro atoms. The zero-order valence-electron chi connectivity index (χ0n) is 6.84. The highest BCUT2D eigenvalue weighted by molar-refractivity contribution is 6.30. The van der Waals surface area contributed by atoms with E-state index < -0.39 is 5.83 Å². The summed E-state index contributed by atoms with van der Waals surface area (Å²) in [7, 11) is 0. The van der Waals surface area contributed by atoms with Gasteiger partial charge in [0.05, 0.1) is 0 Å². The molecule has 0 radical (unpaired) electrons. The number of hydrogen-bond donors (Lipinski definition) is 1. The fraction of sp³-hybridized carbons (Fsp3) is 0.111. The van der Waals surface area contributed by atoms with Crippen LogP contribution >= 0.6 is 11.6 Å². The molecule has 0 aliphatic rings. The second-order valence-electron chi connectivity index (χ2n) is 2.45. The van der Waals surface area contributed by atoms with E-state index in [0.29, 0.717) is 5.02 Å². The van der Waals surface area contributed by atoms with Crippen LogP contribution in [0.3, 0.4) is 0 Å². The number of hydrogen-bond acceptors (Lipinski definition) is 2. The van der Waals surface area contributed by atoms with E-state index in [4.69, 9.17) is 17.5 Å². The average Bonchev–Trinajstić information content (AvgIpc) is 2.09. The summed E-state index contributed by atoms with van der Waals surface area (Å²) in [6.45, 7) is -0.220. The summed E-state index contributed by atoms with van der Waals surface area (Å²) in [5.74, 6) is 4.28. The molecule has 0 aliphatic heterocycles. The first kappa shape index (κ1) is 10.2. The molecule has 0 aliphatic carbocycles. The molecule has 1 rings (SSSR count). The molecule has 2 N–H and O–H groups in total. The van der Waals surface area contributed by atoms with Crippen molar-refractivity contribution in [3.63, 3.8) is 0 Å². The maximum atomic E-state index is 12.8. The van der Waals surface area contributed by atoms with Gasteiger partial charge in [0.25, 0.3) is 0 Å². The predicted molar refractivity (Wildman–Crippen MR) is 50.7 cm³/mol. The first-order valence-corrected chi connectivity index (χ1v) is 4.03. The Labute approximate surface area is 80.7 Å². The molecule has 0 atom stereocenters. The van der Waals surface area contributed by atoms with Gasteiger partial charge in [-0.2, -0.15) is 0 Å². The molecule has 0 saturated heterocycles. The van der Waals surface area contributed by atoms with Gasteiger partial charge in [0.15, 0.2) is 0 Å². The van der Waals surface area contributed by atoms with Crippen molar-refractivity contribution in [1.29, 1.82) is 0 Å². The fourth-order valence-corrected chi connectivity index (χ4v) is 0.987. The summed E-state index contributed by atoms with van der Waals surface area (Å²) in [5.41, 5.74) is 0.721. The van der Waals surface area contributed by atoms with E-state index >= 15 is 0 Å². The van der Waals surface area contributed by atoms with Gasteiger partial charge in [-0.25, -0.2) is 10.3 Å². The normalized spacial score (nSPS) is 11.8. The van der Waals surface area contributed by atoms with Crippen LogP contribution in [0.25, 0.3) is 6.08 Å². The van der Waals surface area contributed by atoms with Gasteiger partial charge in [-0.15, -0.1) is 0 Å². The first-order valence-electron chi connectivity index (χ1n) is 3.65. The summed E-state index contributed by atoms with van der Waals surface area (Å²) >= 11 is 5.65. The van der Waals surface area contributed by atoms with Crippen molar-refractivity contribution in [3.8, 4) is 0 Å². The molecule has 4 heteroatoms. The van der Waals surface area contributed by atoms with Gasteiger partial charge in [-0.3, -0.25) is 4.84 Å². The highest BCUT2D eigenvalue weighted by Crippen LogP contribution is 2.12. The quantitative estimate of drug-likeness (QED) is 0.763. The Kier molecular flexibility index (Phi) is 3.89. The van der Waals surface area contributed by atoms with Crippen LogP contribution in [0.1, 0.15) is 5.56 Å². The predicted octanol–water partition coefficient (Wildman–Crippen LogP) is 2.54. The zero-order chi connectivity index (χ0) is 9.68. The van der Waals surface area contributed by atoms with Gasteiger partial charge >= 0.3 is 0 Å². The molecule has 0 aromatic heterocycles. The molecule has 0 saturated carbocycles. The Bertz CT molecular complexity index is 297. The minimum Gasteiger partial charge on any atom is -0.297 e. The second kappa shape index (κ2) is 4.97. The van der Waals surface area contributed by atoms with Crippen molar-refractivity contribution in [2.24, 2.45) is 5.90 Å². The number of benzene rings is 1. The van der Waals surface area contributed by atoms with Gasteiger partial charge in [0, 0.05) is 5.02 Å². The monoisotopic (exact) mass is 201 g/mol. The minimum absolute atomic E-state index is 0.220. The standard InChI is InChI=1S/C9H9ClFNO/c10-8-3-1-7(2-4-8)5-9(11)6-13-12/h1-5H,6,12H2/b9-5-. The van der Waals surface area contributed by atoms with Crippen LogP contribution in [0.5, 0.6) is 0 Å². The molecule has 2 nitrogen and oxygen atoms in total. The lowest BCUT2D eigenvalue weighted by molar-refractivity contribution is 0.148. The molecule has 0 unspecified atom stereocenters. The van der Waals surface area contributed by atoms with Crippen LogP contribution < -0.4 is 5.90 Å². The summed E-state index contributed by atoms with van der Waals surface area (Å²) in [4.78, 5) is 4.13. The van der Waals surface area contributed by atoms with Crippen molar-refractivity contribution in [2.45, 2.75) is 0 Å². The van der Waals surface area contributed by atoms with E-state index in [-0.39, 0.29) is 6.61 Å². The van der Waals surface area contributed by atoms with Crippen molar-refractivity contribution < 1.29 is 9.23 Å². The van der Waals surface area contributed by atoms with Crippen molar-refractivity contribution in [1.82, 2.24) is 0 Å². The van der Waals surface area contributed by atoms with Crippen molar-refractivity contribution >= 4 is 17.7 Å². The Morgan fingerprint density at radius 3 is 2.62 bits per heavy atom. The largest absolute Gasteiger partial charge is 0.297 e. The molecule has 1 aromatic carbocycles. The number of rotatable bonds is 3. The van der Waals surface area contributed by atoms with Crippen LogP contribution in [0.15, 0.2) is 30.1 Å². The maximum Gasteiger partial charge on any atom is 0.128 e. The number of nitrogens with two attached hydrogens (primary N) is 1. The van der Waals surface area contributed by atoms with E-state index in [1.165, 1.54) is 6.08 Å². The number of halogens is 2. The summed E-state index contributed by atoms with van der Waals surface area (Å²) in [6, 6.07) is 6.78. The minimum atomic E-state index is -0.426. The van der Waals surface area contributed by atoms with Crippen molar-refractivity contribution in [3.05, 3.63) is 40.7 Å². The molecule has 0 fully saturated rings. The highest BCUT2D eigenvalue weighted by Gasteiger charge is 1.94. The molecular formula is C9H9ClFNO. The van der Waals surface area contributed by atoms with Crippen LogP contribution in [0.2, 0.25) is 5.02 Å². The van der Waals surface area contributed by atoms with Gasteiger partial charge < -0.3 is 0 Å². The molecular weight excluding hydrogens is 193 g/mol. The lowest BCUT2D eigenvalue weighted by Gasteiger charge is -1.96. The lowest BCUT2D eigenvalue weighted by atomic mass is 10.2. The zero-order valence-corrected chi connectivity index (χ0v) is 7.59. The molecule has 13 heavy (non-hydrogen) atoms. The fourth-order valence-electron chi connectivity index (χ4n) is 0.861. The maximum absolute atomic E-state index is 12.8. The Morgan fingerprint density at radius 1 is 1.46 bits per heavy atom. The van der Waals surface area contributed by atoms with Crippen LogP contribution in [-0.2, 0) is 4.84 Å². The molecule has 0 amide bonds. The molecule has 0 heterocycles. The average molecular weight is 202 g/mol. The first-order chi connectivity index (χ1) is 6.22. The van der Waals surface area contributed by atoms with Crippen LogP contribution in [0, 0.1) is 0 Å². The van der Waals surface area contributed by atoms with Gasteiger partial charge in [-0.05, 0) is 23.8 Å². The van der Waals surface area contributed by atoms with E-state index in [9.17, 15) is 4.39 Å². The Morgan fingerprint density at radius 2 is 2.08 bits per heavy atom. The van der Waals surface area contributed by atoms with Gasteiger partial charge in [0.1, 0.15) is 12.4 Å². The molecule has 0 bridgehead atoms. The Balaban J connectivity index is 2.73. The molecule has 70 valence electrons. The smallest absolute Gasteiger partial charge is 0.128 e. The third-order valence-electron chi connectivity index (χ3n) is 1.41. The third-order valence-corrected chi connectivity index (χ3v) is 1.67. The van der Waals surface area contributed by atoms with E-state index in [2.05, 4.69) is 4.84 Å². The SMILES string of the molecule is NOC/C(F)=C/c1ccc(Cl)cc1. The van der Waals surface area contributed by atoms with Crippen LogP contribution in [-0.4, -0.2) is 6.61 Å². The summed E-state index contributed by atoms with van der Waals surface area (Å²) in [5, 5.41) is 0.618. The topological polar surface area (TPSA) is 35.2 Å². The highest BCUT2D eigenvalue weighted by atomic mass is 35.5. The van der Waals surface area contributed by atoms with Crippen LogP contribution in [0.4, 0.5) is 4.39 Å². The van der Waals surface area contributed by atoms with E-state index in [1.807, 2.05) is 0 Å². The third kappa shape index (κ3) is 3.55. The van der Waals surface area contributed by atoms with E-state index in [0.717, 1.165) is 5.56 Å².